The molecule has 2 N–H and O–H groups in total. The lowest BCUT2D eigenvalue weighted by atomic mass is 10.3. The molecular formula is C8H5F3N2O3S2. The lowest BCUT2D eigenvalue weighted by Gasteiger charge is -2.04. The number of hydrogen-bond donors (Lipinski definition) is 2. The number of fused-ring (bicyclic) bond motifs is 1. The number of benzene rings is 1. The molecule has 2 rings (SSSR count). The quantitative estimate of drug-likeness (QED) is 0.657. The van der Waals surface area contributed by atoms with E-state index in [1.54, 1.807) is 0 Å². The van der Waals surface area contributed by atoms with Gasteiger partial charge in [-0.3, -0.25) is 4.55 Å². The van der Waals surface area contributed by atoms with E-state index in [0.29, 0.717) is 0 Å². The first-order chi connectivity index (χ1) is 8.15. The van der Waals surface area contributed by atoms with Crippen LogP contribution in [-0.4, -0.2) is 28.4 Å². The summed E-state index contributed by atoms with van der Waals surface area (Å²) in [5.41, 5.74) is -4.19. The molecule has 0 atom stereocenters. The Hall–Kier alpha value is -1.26. The molecule has 0 amide bonds. The van der Waals surface area contributed by atoms with Gasteiger partial charge in [-0.25, -0.2) is 4.98 Å². The van der Waals surface area contributed by atoms with E-state index in [2.05, 4.69) is 9.97 Å². The summed E-state index contributed by atoms with van der Waals surface area (Å²) in [6.45, 7) is 0. The Balaban J connectivity index is 2.46. The number of halogens is 3. The number of rotatable bonds is 2. The molecule has 1 aromatic carbocycles. The summed E-state index contributed by atoms with van der Waals surface area (Å²) in [4.78, 5) is 5.66. The molecule has 0 saturated heterocycles. The van der Waals surface area contributed by atoms with Gasteiger partial charge in [0, 0.05) is 4.90 Å². The molecule has 0 aliphatic carbocycles. The van der Waals surface area contributed by atoms with Gasteiger partial charge in [-0.05, 0) is 30.0 Å². The van der Waals surface area contributed by atoms with Crippen LogP contribution in [0.4, 0.5) is 13.2 Å². The zero-order valence-electron chi connectivity index (χ0n) is 8.39. The maximum Gasteiger partial charge on any atom is 0.446 e. The van der Waals surface area contributed by atoms with Crippen LogP contribution in [0.25, 0.3) is 11.0 Å². The maximum atomic E-state index is 12.1. The van der Waals surface area contributed by atoms with Crippen molar-refractivity contribution in [2.24, 2.45) is 0 Å². The summed E-state index contributed by atoms with van der Waals surface area (Å²) in [6.07, 6.45) is 0. The lowest BCUT2D eigenvalue weighted by molar-refractivity contribution is -0.0328. The molecule has 1 aromatic heterocycles. The van der Waals surface area contributed by atoms with Gasteiger partial charge in [0.25, 0.3) is 5.16 Å². The van der Waals surface area contributed by atoms with Crippen molar-refractivity contribution in [1.29, 1.82) is 0 Å². The first-order valence-electron chi connectivity index (χ1n) is 4.38. The number of nitrogens with zero attached hydrogens (tertiary/aromatic N) is 1. The van der Waals surface area contributed by atoms with Gasteiger partial charge in [0.2, 0.25) is 0 Å². The molecule has 0 radical (unpaired) electrons. The van der Waals surface area contributed by atoms with Crippen LogP contribution in [0.5, 0.6) is 0 Å². The predicted octanol–water partition coefficient (Wildman–Crippen LogP) is 2.42. The first kappa shape index (κ1) is 13.2. The molecule has 10 heteroatoms. The van der Waals surface area contributed by atoms with Crippen LogP contribution in [0.15, 0.2) is 28.3 Å². The molecule has 0 fully saturated rings. The average Bonchev–Trinajstić information content (AvgIpc) is 2.57. The molecule has 0 spiro atoms. The highest BCUT2D eigenvalue weighted by Gasteiger charge is 2.29. The molecule has 0 saturated carbocycles. The molecule has 0 aliphatic rings. The molecule has 0 bridgehead atoms. The second-order valence-corrected chi connectivity index (χ2v) is 5.72. The Kier molecular flexibility index (Phi) is 3.03. The van der Waals surface area contributed by atoms with Gasteiger partial charge in [0.05, 0.1) is 11.0 Å². The Morgan fingerprint density at radius 2 is 2.00 bits per heavy atom. The standard InChI is InChI=1S/C8H5F3N2O3S2/c9-8(10,11)17-4-1-2-5-6(3-4)13-7(12-5)18(14,15)16/h1-3H,(H,12,13)(H,14,15,16). The van der Waals surface area contributed by atoms with Crippen LogP contribution in [0.3, 0.4) is 0 Å². The average molecular weight is 298 g/mol. The van der Waals surface area contributed by atoms with Crippen LogP contribution in [0.1, 0.15) is 0 Å². The Labute approximate surface area is 103 Å². The fourth-order valence-electron chi connectivity index (χ4n) is 1.28. The highest BCUT2D eigenvalue weighted by atomic mass is 32.2. The third-order valence-electron chi connectivity index (χ3n) is 1.91. The monoisotopic (exact) mass is 298 g/mol. The summed E-state index contributed by atoms with van der Waals surface area (Å²) in [5.74, 6) is 0. The van der Waals surface area contributed by atoms with E-state index in [4.69, 9.17) is 4.55 Å². The SMILES string of the molecule is O=S(=O)(O)c1nc2ccc(SC(F)(F)F)cc2[nH]1. The van der Waals surface area contributed by atoms with Gasteiger partial charge in [-0.2, -0.15) is 21.6 Å². The second-order valence-electron chi connectivity index (χ2n) is 3.24. The van der Waals surface area contributed by atoms with Gasteiger partial charge >= 0.3 is 15.6 Å². The molecule has 0 aliphatic heterocycles. The van der Waals surface area contributed by atoms with Crippen molar-refractivity contribution in [2.75, 3.05) is 0 Å². The summed E-state index contributed by atoms with van der Waals surface area (Å²) in [7, 11) is -4.51. The minimum Gasteiger partial charge on any atom is -0.327 e. The summed E-state index contributed by atoms with van der Waals surface area (Å²) in [6, 6.07) is 3.50. The summed E-state index contributed by atoms with van der Waals surface area (Å²) >= 11 is -0.327. The Morgan fingerprint density at radius 1 is 1.33 bits per heavy atom. The number of aromatic amines is 1. The molecule has 0 unspecified atom stereocenters. The number of nitrogens with one attached hydrogen (secondary N) is 1. The minimum absolute atomic E-state index is 0.0943. The van der Waals surface area contributed by atoms with E-state index in [1.165, 1.54) is 6.07 Å². The number of hydrogen-bond acceptors (Lipinski definition) is 4. The maximum absolute atomic E-state index is 12.1. The first-order valence-corrected chi connectivity index (χ1v) is 6.64. The molecule has 2 aromatic rings. The van der Waals surface area contributed by atoms with Crippen LogP contribution in [0, 0.1) is 0 Å². The van der Waals surface area contributed by atoms with Gasteiger partial charge in [0.1, 0.15) is 0 Å². The molecule has 5 nitrogen and oxygen atoms in total. The van der Waals surface area contributed by atoms with E-state index in [-0.39, 0.29) is 27.7 Å². The van der Waals surface area contributed by atoms with Gasteiger partial charge in [0.15, 0.2) is 0 Å². The van der Waals surface area contributed by atoms with Crippen molar-refractivity contribution in [3.63, 3.8) is 0 Å². The Bertz CT molecular complexity index is 693. The minimum atomic E-state index is -4.51. The van der Waals surface area contributed by atoms with Gasteiger partial charge < -0.3 is 4.98 Å². The zero-order chi connectivity index (χ0) is 13.6. The smallest absolute Gasteiger partial charge is 0.327 e. The van der Waals surface area contributed by atoms with Crippen molar-refractivity contribution < 1.29 is 26.1 Å². The second kappa shape index (κ2) is 4.14. The van der Waals surface area contributed by atoms with Crippen molar-refractivity contribution >= 4 is 32.9 Å². The highest BCUT2D eigenvalue weighted by Crippen LogP contribution is 2.37. The van der Waals surface area contributed by atoms with E-state index in [1.807, 2.05) is 0 Å². The van der Waals surface area contributed by atoms with Crippen LogP contribution < -0.4 is 0 Å². The zero-order valence-corrected chi connectivity index (χ0v) is 10.0. The Morgan fingerprint density at radius 3 is 2.56 bits per heavy atom. The normalized spacial score (nSPS) is 13.1. The third-order valence-corrected chi connectivity index (χ3v) is 3.31. The number of H-pyrrole nitrogens is 1. The summed E-state index contributed by atoms with van der Waals surface area (Å²) < 4.78 is 66.7. The number of alkyl halides is 3. The van der Waals surface area contributed by atoms with Crippen LogP contribution in [0.2, 0.25) is 0 Å². The van der Waals surface area contributed by atoms with Crippen LogP contribution in [-0.2, 0) is 10.1 Å². The number of imidazole rings is 1. The van der Waals surface area contributed by atoms with E-state index in [0.717, 1.165) is 12.1 Å². The third kappa shape index (κ3) is 2.94. The van der Waals surface area contributed by atoms with Crippen molar-refractivity contribution in [2.45, 2.75) is 15.6 Å². The fourth-order valence-corrected chi connectivity index (χ4v) is 2.32. The number of aromatic nitrogens is 2. The van der Waals surface area contributed by atoms with Gasteiger partial charge in [-0.1, -0.05) is 0 Å². The molecule has 98 valence electrons. The van der Waals surface area contributed by atoms with E-state index >= 15 is 0 Å². The molecular weight excluding hydrogens is 293 g/mol. The molecule has 1 heterocycles. The molecule has 18 heavy (non-hydrogen) atoms. The topological polar surface area (TPSA) is 83.1 Å². The van der Waals surface area contributed by atoms with Gasteiger partial charge in [-0.15, -0.1) is 0 Å². The highest BCUT2D eigenvalue weighted by molar-refractivity contribution is 8.00. The van der Waals surface area contributed by atoms with Crippen molar-refractivity contribution in [3.8, 4) is 0 Å². The van der Waals surface area contributed by atoms with E-state index < -0.39 is 20.8 Å². The predicted molar refractivity (Wildman–Crippen MR) is 57.8 cm³/mol. The largest absolute Gasteiger partial charge is 0.446 e. The van der Waals surface area contributed by atoms with E-state index in [9.17, 15) is 21.6 Å². The lowest BCUT2D eigenvalue weighted by Crippen LogP contribution is -1.99. The fraction of sp³-hybridized carbons (Fsp3) is 0.125. The number of thioether (sulfide) groups is 1. The van der Waals surface area contributed by atoms with Crippen molar-refractivity contribution in [1.82, 2.24) is 9.97 Å². The van der Waals surface area contributed by atoms with Crippen LogP contribution >= 0.6 is 11.8 Å². The summed E-state index contributed by atoms with van der Waals surface area (Å²) in [5, 5.41) is -0.702. The van der Waals surface area contributed by atoms with Crippen molar-refractivity contribution in [3.05, 3.63) is 18.2 Å².